The molecule has 6 nitrogen and oxygen atoms in total. The highest BCUT2D eigenvalue weighted by Gasteiger charge is 2.17. The van der Waals surface area contributed by atoms with Gasteiger partial charge in [0.1, 0.15) is 22.2 Å². The smallest absolute Gasteiger partial charge is 0.227 e. The van der Waals surface area contributed by atoms with Gasteiger partial charge in [-0.05, 0) is 113 Å². The van der Waals surface area contributed by atoms with Crippen molar-refractivity contribution in [1.29, 1.82) is 0 Å². The molecule has 0 amide bonds. The first kappa shape index (κ1) is 31.8. The third-order valence-electron chi connectivity index (χ3n) is 10.4. The average molecular weight is 722 g/mol. The summed E-state index contributed by atoms with van der Waals surface area (Å²) in [5, 5.41) is 2.19. The molecule has 0 radical (unpaired) electrons. The average Bonchev–Trinajstić information content (AvgIpc) is 4.00. The van der Waals surface area contributed by atoms with E-state index in [-0.39, 0.29) is 0 Å². The van der Waals surface area contributed by atoms with Gasteiger partial charge in [-0.15, -0.1) is 0 Å². The third kappa shape index (κ3) is 5.60. The van der Waals surface area contributed by atoms with Gasteiger partial charge in [-0.25, -0.2) is 9.97 Å². The van der Waals surface area contributed by atoms with E-state index >= 15 is 0 Å². The molecule has 0 fully saturated rings. The van der Waals surface area contributed by atoms with Crippen LogP contribution in [-0.4, -0.2) is 9.97 Å². The first-order chi connectivity index (χ1) is 27.7. The first-order valence-corrected chi connectivity index (χ1v) is 18.5. The highest BCUT2D eigenvalue weighted by molar-refractivity contribution is 6.06. The fourth-order valence-electron chi connectivity index (χ4n) is 7.52. The minimum Gasteiger partial charge on any atom is -0.456 e. The minimum absolute atomic E-state index is 0.618. The van der Waals surface area contributed by atoms with Crippen LogP contribution >= 0.6 is 0 Å². The predicted octanol–water partition coefficient (Wildman–Crippen LogP) is 14.0. The number of furan rings is 1. The monoisotopic (exact) mass is 721 g/mol. The number of rotatable bonds is 7. The summed E-state index contributed by atoms with van der Waals surface area (Å²) in [5.41, 5.74) is 14.1. The quantitative estimate of drug-likeness (QED) is 0.163. The zero-order chi connectivity index (χ0) is 37.0. The largest absolute Gasteiger partial charge is 0.456 e. The van der Waals surface area contributed by atoms with Crippen molar-refractivity contribution < 1.29 is 13.3 Å². The Kier molecular flexibility index (Phi) is 7.38. The zero-order valence-corrected chi connectivity index (χ0v) is 30.0. The number of aromatic nitrogens is 2. The molecule has 6 heteroatoms. The molecule has 0 saturated heterocycles. The molecule has 0 N–H and O–H groups in total. The van der Waals surface area contributed by atoms with Crippen molar-refractivity contribution in [3.8, 4) is 45.2 Å². The molecule has 11 rings (SSSR count). The fourth-order valence-corrected chi connectivity index (χ4v) is 7.52. The van der Waals surface area contributed by atoms with Gasteiger partial charge in [-0.2, -0.15) is 0 Å². The van der Waals surface area contributed by atoms with E-state index in [1.165, 1.54) is 0 Å². The molecule has 3 aromatic heterocycles. The summed E-state index contributed by atoms with van der Waals surface area (Å²) in [6.07, 6.45) is 0. The molecule has 11 aromatic rings. The van der Waals surface area contributed by atoms with Gasteiger partial charge >= 0.3 is 0 Å². The van der Waals surface area contributed by atoms with Gasteiger partial charge in [0.05, 0.1) is 0 Å². The Hall–Kier alpha value is -7.70. The van der Waals surface area contributed by atoms with Crippen LogP contribution in [0.25, 0.3) is 89.3 Å². The highest BCUT2D eigenvalue weighted by atomic mass is 16.4. The van der Waals surface area contributed by atoms with Gasteiger partial charge in [0.25, 0.3) is 0 Å². The number of fused-ring (bicyclic) bond motifs is 5. The molecule has 0 aliphatic heterocycles. The molecule has 0 atom stereocenters. The summed E-state index contributed by atoms with van der Waals surface area (Å²) >= 11 is 0. The molecule has 56 heavy (non-hydrogen) atoms. The summed E-state index contributed by atoms with van der Waals surface area (Å²) in [4.78, 5) is 11.7. The van der Waals surface area contributed by atoms with E-state index in [2.05, 4.69) is 102 Å². The van der Waals surface area contributed by atoms with E-state index in [0.717, 1.165) is 94.6 Å². The van der Waals surface area contributed by atoms with Crippen molar-refractivity contribution >= 4 is 61.2 Å². The second kappa shape index (κ2) is 13.0. The number of anilines is 3. The zero-order valence-electron chi connectivity index (χ0n) is 30.0. The first-order valence-electron chi connectivity index (χ1n) is 18.5. The Labute approximate surface area is 321 Å². The van der Waals surface area contributed by atoms with E-state index in [9.17, 15) is 0 Å². The highest BCUT2D eigenvalue weighted by Crippen LogP contribution is 2.40. The molecule has 3 heterocycles. The Morgan fingerprint density at radius 2 is 0.768 bits per heavy atom. The maximum absolute atomic E-state index is 6.34. The maximum atomic E-state index is 6.34. The van der Waals surface area contributed by atoms with E-state index in [1.54, 1.807) is 0 Å². The van der Waals surface area contributed by atoms with Crippen LogP contribution < -0.4 is 4.90 Å². The van der Waals surface area contributed by atoms with Crippen molar-refractivity contribution in [1.82, 2.24) is 9.97 Å². The summed E-state index contributed by atoms with van der Waals surface area (Å²) in [7, 11) is 0. The molecule has 0 unspecified atom stereocenters. The van der Waals surface area contributed by atoms with Crippen LogP contribution in [-0.2, 0) is 0 Å². The van der Waals surface area contributed by atoms with Crippen molar-refractivity contribution in [2.24, 2.45) is 0 Å². The van der Waals surface area contributed by atoms with Crippen LogP contribution in [0.2, 0.25) is 0 Å². The number of para-hydroxylation sites is 1. The summed E-state index contributed by atoms with van der Waals surface area (Å²) in [6.45, 7) is 0. The van der Waals surface area contributed by atoms with Crippen LogP contribution in [0.15, 0.2) is 201 Å². The lowest BCUT2D eigenvalue weighted by Gasteiger charge is -2.26. The maximum Gasteiger partial charge on any atom is 0.227 e. The summed E-state index contributed by atoms with van der Waals surface area (Å²) < 4.78 is 18.7. The third-order valence-corrected chi connectivity index (χ3v) is 10.4. The number of hydrogen-bond acceptors (Lipinski definition) is 6. The number of oxazole rings is 2. The molecule has 0 spiro atoms. The van der Waals surface area contributed by atoms with Crippen LogP contribution in [0, 0.1) is 0 Å². The van der Waals surface area contributed by atoms with Crippen LogP contribution in [0.4, 0.5) is 17.1 Å². The van der Waals surface area contributed by atoms with Gasteiger partial charge in [0.2, 0.25) is 11.8 Å². The summed E-state index contributed by atoms with van der Waals surface area (Å²) in [6, 6.07) is 64.2. The standard InChI is InChI=1S/C50H31N3O3/c1-3-9-34(10-4-1)49-51-43-27-19-36(29-47(43)55-49)32-15-21-38(22-16-32)53(40-25-26-42-41-13-7-8-14-45(41)54-46(42)31-40)39-23-17-33(18-24-39)37-20-28-44-48(30-37)56-50(52-44)35-11-5-2-6-12-35/h1-31H. The Bertz CT molecular complexity index is 3020. The lowest BCUT2D eigenvalue weighted by molar-refractivity contribution is 0.619. The Balaban J connectivity index is 0.954. The lowest BCUT2D eigenvalue weighted by atomic mass is 10.0. The Morgan fingerprint density at radius 3 is 1.32 bits per heavy atom. The lowest BCUT2D eigenvalue weighted by Crippen LogP contribution is -2.09. The number of nitrogens with zero attached hydrogens (tertiary/aromatic N) is 3. The molecule has 264 valence electrons. The van der Waals surface area contributed by atoms with Gasteiger partial charge in [0.15, 0.2) is 11.2 Å². The van der Waals surface area contributed by atoms with E-state index in [1.807, 2.05) is 91.0 Å². The van der Waals surface area contributed by atoms with Crippen molar-refractivity contribution in [2.75, 3.05) is 4.90 Å². The topological polar surface area (TPSA) is 68.4 Å². The van der Waals surface area contributed by atoms with Crippen LogP contribution in [0.5, 0.6) is 0 Å². The second-order valence-corrected chi connectivity index (χ2v) is 13.8. The SMILES string of the molecule is c1ccc(-c2nc3ccc(-c4ccc(N(c5ccc(-c6ccc7nc(-c8ccccc8)oc7c6)cc5)c5ccc6c(c5)oc5ccccc56)cc4)cc3o2)cc1. The van der Waals surface area contributed by atoms with Gasteiger partial charge in [0, 0.05) is 45.0 Å². The van der Waals surface area contributed by atoms with Crippen molar-refractivity contribution in [2.45, 2.75) is 0 Å². The predicted molar refractivity (Wildman–Crippen MR) is 225 cm³/mol. The molecular formula is C50H31N3O3. The van der Waals surface area contributed by atoms with E-state index in [0.29, 0.717) is 11.8 Å². The van der Waals surface area contributed by atoms with Crippen molar-refractivity contribution in [3.05, 3.63) is 188 Å². The normalized spacial score (nSPS) is 11.6. The summed E-state index contributed by atoms with van der Waals surface area (Å²) in [5.74, 6) is 1.24. The molecular weight excluding hydrogens is 691 g/mol. The van der Waals surface area contributed by atoms with Gasteiger partial charge in [-0.1, -0.05) is 91.0 Å². The van der Waals surface area contributed by atoms with Gasteiger partial charge in [-0.3, -0.25) is 0 Å². The van der Waals surface area contributed by atoms with E-state index in [4.69, 9.17) is 23.2 Å². The van der Waals surface area contributed by atoms with E-state index < -0.39 is 0 Å². The van der Waals surface area contributed by atoms with Crippen LogP contribution in [0.1, 0.15) is 0 Å². The molecule has 0 aliphatic rings. The number of hydrogen-bond donors (Lipinski definition) is 0. The Morgan fingerprint density at radius 1 is 0.304 bits per heavy atom. The minimum atomic E-state index is 0.618. The second-order valence-electron chi connectivity index (χ2n) is 13.8. The van der Waals surface area contributed by atoms with Crippen molar-refractivity contribution in [3.63, 3.8) is 0 Å². The van der Waals surface area contributed by atoms with Gasteiger partial charge < -0.3 is 18.2 Å². The molecule has 8 aromatic carbocycles. The molecule has 0 bridgehead atoms. The molecule has 0 aliphatic carbocycles. The van der Waals surface area contributed by atoms with Crippen LogP contribution in [0.3, 0.4) is 0 Å². The molecule has 0 saturated carbocycles. The fraction of sp³-hybridized carbons (Fsp3) is 0. The number of benzene rings is 8.